The van der Waals surface area contributed by atoms with Crippen molar-refractivity contribution in [1.82, 2.24) is 15.1 Å². The quantitative estimate of drug-likeness (QED) is 0.870. The van der Waals surface area contributed by atoms with E-state index in [0.717, 1.165) is 25.2 Å². The maximum Gasteiger partial charge on any atom is 0.0748 e. The van der Waals surface area contributed by atoms with Crippen LogP contribution in [0.15, 0.2) is 30.3 Å². The molecule has 0 radical (unpaired) electrons. The molecule has 0 fully saturated rings. The summed E-state index contributed by atoms with van der Waals surface area (Å²) >= 11 is 0. The van der Waals surface area contributed by atoms with Gasteiger partial charge in [-0.2, -0.15) is 5.10 Å². The van der Waals surface area contributed by atoms with E-state index in [2.05, 4.69) is 73.1 Å². The van der Waals surface area contributed by atoms with Crippen LogP contribution in [-0.4, -0.2) is 16.3 Å². The van der Waals surface area contributed by atoms with Gasteiger partial charge in [0.1, 0.15) is 0 Å². The van der Waals surface area contributed by atoms with Gasteiger partial charge in [0.15, 0.2) is 0 Å². The second-order valence-electron chi connectivity index (χ2n) is 5.32. The maximum atomic E-state index is 4.58. The van der Waals surface area contributed by atoms with Crippen LogP contribution in [0, 0.1) is 13.8 Å². The third kappa shape index (κ3) is 3.28. The van der Waals surface area contributed by atoms with E-state index in [1.54, 1.807) is 0 Å². The SMILES string of the molecule is CCCNC(c1ccc(C)cc1)c1cc(C)nn1CC. The predicted molar refractivity (Wildman–Crippen MR) is 84.0 cm³/mol. The molecule has 0 aliphatic rings. The smallest absolute Gasteiger partial charge is 0.0748 e. The molecule has 0 saturated carbocycles. The minimum atomic E-state index is 0.219. The number of aromatic nitrogens is 2. The van der Waals surface area contributed by atoms with Crippen molar-refractivity contribution in [3.63, 3.8) is 0 Å². The average molecular weight is 271 g/mol. The summed E-state index contributed by atoms with van der Waals surface area (Å²) in [5, 5.41) is 8.23. The molecule has 3 heteroatoms. The topological polar surface area (TPSA) is 29.9 Å². The highest BCUT2D eigenvalue weighted by Crippen LogP contribution is 2.23. The summed E-state index contributed by atoms with van der Waals surface area (Å²) in [5.74, 6) is 0. The van der Waals surface area contributed by atoms with Gasteiger partial charge in [-0.25, -0.2) is 0 Å². The Balaban J connectivity index is 2.38. The van der Waals surface area contributed by atoms with Gasteiger partial charge in [-0.1, -0.05) is 36.8 Å². The Morgan fingerprint density at radius 3 is 2.45 bits per heavy atom. The number of rotatable bonds is 6. The lowest BCUT2D eigenvalue weighted by Crippen LogP contribution is -2.25. The summed E-state index contributed by atoms with van der Waals surface area (Å²) in [6, 6.07) is 11.2. The zero-order valence-corrected chi connectivity index (χ0v) is 13.0. The molecule has 3 nitrogen and oxygen atoms in total. The zero-order chi connectivity index (χ0) is 14.5. The normalized spacial score (nSPS) is 12.6. The van der Waals surface area contributed by atoms with E-state index in [1.807, 2.05) is 0 Å². The molecule has 0 aliphatic carbocycles. The van der Waals surface area contributed by atoms with Crippen LogP contribution >= 0.6 is 0 Å². The van der Waals surface area contributed by atoms with Crippen LogP contribution in [0.2, 0.25) is 0 Å². The molecule has 20 heavy (non-hydrogen) atoms. The molecule has 1 N–H and O–H groups in total. The molecule has 0 amide bonds. The van der Waals surface area contributed by atoms with Crippen LogP contribution in [0.4, 0.5) is 0 Å². The lowest BCUT2D eigenvalue weighted by molar-refractivity contribution is 0.529. The molecule has 1 heterocycles. The third-order valence-corrected chi connectivity index (χ3v) is 3.54. The first-order valence-corrected chi connectivity index (χ1v) is 7.50. The number of benzene rings is 1. The molecule has 108 valence electrons. The second kappa shape index (κ2) is 6.71. The summed E-state index contributed by atoms with van der Waals surface area (Å²) in [4.78, 5) is 0. The van der Waals surface area contributed by atoms with Crippen LogP contribution in [-0.2, 0) is 6.54 Å². The van der Waals surface area contributed by atoms with Crippen molar-refractivity contribution in [3.05, 3.63) is 52.8 Å². The minimum absolute atomic E-state index is 0.219. The van der Waals surface area contributed by atoms with Crippen LogP contribution in [0.25, 0.3) is 0 Å². The first-order chi connectivity index (χ1) is 9.65. The van der Waals surface area contributed by atoms with Gasteiger partial charge in [0, 0.05) is 6.54 Å². The molecule has 0 bridgehead atoms. The lowest BCUT2D eigenvalue weighted by Gasteiger charge is -2.20. The Morgan fingerprint density at radius 1 is 1.15 bits per heavy atom. The molecule has 0 saturated heterocycles. The largest absolute Gasteiger partial charge is 0.305 e. The molecular weight excluding hydrogens is 246 g/mol. The molecule has 1 atom stereocenters. The number of nitrogens with one attached hydrogen (secondary N) is 1. The molecule has 2 rings (SSSR count). The van der Waals surface area contributed by atoms with E-state index in [0.29, 0.717) is 0 Å². The second-order valence-corrected chi connectivity index (χ2v) is 5.32. The highest BCUT2D eigenvalue weighted by Gasteiger charge is 2.18. The zero-order valence-electron chi connectivity index (χ0n) is 13.0. The Labute approximate surface area is 122 Å². The standard InChI is InChI=1S/C17H25N3/c1-5-11-18-17(15-9-7-13(3)8-10-15)16-12-14(4)19-20(16)6-2/h7-10,12,17-18H,5-6,11H2,1-4H3. The number of aryl methyl sites for hydroxylation is 3. The van der Waals surface area contributed by atoms with Crippen LogP contribution in [0.5, 0.6) is 0 Å². The van der Waals surface area contributed by atoms with Gasteiger partial charge >= 0.3 is 0 Å². The fraction of sp³-hybridized carbons (Fsp3) is 0.471. The summed E-state index contributed by atoms with van der Waals surface area (Å²) in [6.07, 6.45) is 1.13. The van der Waals surface area contributed by atoms with Crippen molar-refractivity contribution in [1.29, 1.82) is 0 Å². The van der Waals surface area contributed by atoms with Gasteiger partial charge < -0.3 is 5.32 Å². The van der Waals surface area contributed by atoms with Gasteiger partial charge in [-0.05, 0) is 45.4 Å². The molecule has 1 aromatic carbocycles. The Bertz CT molecular complexity index is 540. The van der Waals surface area contributed by atoms with Crippen molar-refractivity contribution in [3.8, 4) is 0 Å². The van der Waals surface area contributed by atoms with E-state index in [4.69, 9.17) is 0 Å². The van der Waals surface area contributed by atoms with Gasteiger partial charge in [0.2, 0.25) is 0 Å². The molecule has 1 unspecified atom stereocenters. The monoisotopic (exact) mass is 271 g/mol. The summed E-state index contributed by atoms with van der Waals surface area (Å²) < 4.78 is 2.10. The summed E-state index contributed by atoms with van der Waals surface area (Å²) in [6.45, 7) is 10.4. The number of hydrogen-bond acceptors (Lipinski definition) is 2. The van der Waals surface area contributed by atoms with E-state index in [9.17, 15) is 0 Å². The summed E-state index contributed by atoms with van der Waals surface area (Å²) in [7, 11) is 0. The van der Waals surface area contributed by atoms with E-state index < -0.39 is 0 Å². The van der Waals surface area contributed by atoms with Crippen molar-refractivity contribution in [2.45, 2.75) is 46.7 Å². The van der Waals surface area contributed by atoms with E-state index >= 15 is 0 Å². The first-order valence-electron chi connectivity index (χ1n) is 7.50. The van der Waals surface area contributed by atoms with Gasteiger partial charge in [-0.15, -0.1) is 0 Å². The van der Waals surface area contributed by atoms with Gasteiger partial charge in [0.05, 0.1) is 17.4 Å². The Morgan fingerprint density at radius 2 is 1.85 bits per heavy atom. The number of hydrogen-bond donors (Lipinski definition) is 1. The van der Waals surface area contributed by atoms with Gasteiger partial charge in [0.25, 0.3) is 0 Å². The minimum Gasteiger partial charge on any atom is -0.305 e. The average Bonchev–Trinajstić information content (AvgIpc) is 2.82. The highest BCUT2D eigenvalue weighted by atomic mass is 15.3. The van der Waals surface area contributed by atoms with E-state index in [1.165, 1.54) is 16.8 Å². The van der Waals surface area contributed by atoms with Gasteiger partial charge in [-0.3, -0.25) is 4.68 Å². The van der Waals surface area contributed by atoms with Crippen LogP contribution in [0.3, 0.4) is 0 Å². The van der Waals surface area contributed by atoms with E-state index in [-0.39, 0.29) is 6.04 Å². The maximum absolute atomic E-state index is 4.58. The van der Waals surface area contributed by atoms with Crippen molar-refractivity contribution >= 4 is 0 Å². The lowest BCUT2D eigenvalue weighted by atomic mass is 10.0. The van der Waals surface area contributed by atoms with Crippen LogP contribution < -0.4 is 5.32 Å². The van der Waals surface area contributed by atoms with Crippen molar-refractivity contribution < 1.29 is 0 Å². The molecule has 0 spiro atoms. The number of nitrogens with zero attached hydrogens (tertiary/aromatic N) is 2. The molecule has 1 aromatic heterocycles. The Kier molecular flexibility index (Phi) is 4.96. The fourth-order valence-electron chi connectivity index (χ4n) is 2.49. The van der Waals surface area contributed by atoms with Crippen molar-refractivity contribution in [2.75, 3.05) is 6.54 Å². The molecular formula is C17H25N3. The Hall–Kier alpha value is -1.61. The highest BCUT2D eigenvalue weighted by molar-refractivity contribution is 5.31. The summed E-state index contributed by atoms with van der Waals surface area (Å²) in [5.41, 5.74) is 4.93. The third-order valence-electron chi connectivity index (χ3n) is 3.54. The van der Waals surface area contributed by atoms with Crippen molar-refractivity contribution in [2.24, 2.45) is 0 Å². The molecule has 2 aromatic rings. The molecule has 0 aliphatic heterocycles. The first kappa shape index (κ1) is 14.8. The van der Waals surface area contributed by atoms with Crippen LogP contribution in [0.1, 0.15) is 48.8 Å². The fourth-order valence-corrected chi connectivity index (χ4v) is 2.49. The predicted octanol–water partition coefficient (Wildman–Crippen LogP) is 3.61.